The van der Waals surface area contributed by atoms with Crippen LogP contribution in [0.2, 0.25) is 6.04 Å². The van der Waals surface area contributed by atoms with Gasteiger partial charge in [0.15, 0.2) is 0 Å². The van der Waals surface area contributed by atoms with E-state index in [1.165, 1.54) is 0 Å². The van der Waals surface area contributed by atoms with Crippen molar-refractivity contribution in [2.75, 3.05) is 39.5 Å². The molecule has 19 heavy (non-hydrogen) atoms. The van der Waals surface area contributed by atoms with Gasteiger partial charge in [0.05, 0.1) is 0 Å². The van der Waals surface area contributed by atoms with Crippen LogP contribution >= 0.6 is 0 Å². The summed E-state index contributed by atoms with van der Waals surface area (Å²) in [5.74, 6) is 0. The predicted molar refractivity (Wildman–Crippen MR) is 81.2 cm³/mol. The standard InChI is InChI=1S/C13H32N2O3Si/c1-4-16-19(17-5-2,18-6-3)13-9-12-15-11-8-7-10-14/h15H,4-14H2,1-3H3. The molecule has 5 nitrogen and oxygen atoms in total. The predicted octanol–water partition coefficient (Wildman–Crippen LogP) is 1.75. The molecular formula is C13H32N2O3Si. The van der Waals surface area contributed by atoms with Crippen molar-refractivity contribution < 1.29 is 13.3 Å². The molecule has 0 saturated heterocycles. The Morgan fingerprint density at radius 2 is 1.37 bits per heavy atom. The number of hydrogen-bond acceptors (Lipinski definition) is 5. The van der Waals surface area contributed by atoms with Crippen LogP contribution in [0.3, 0.4) is 0 Å². The quantitative estimate of drug-likeness (QED) is 0.377. The van der Waals surface area contributed by atoms with E-state index in [9.17, 15) is 0 Å². The highest BCUT2D eigenvalue weighted by Crippen LogP contribution is 2.17. The topological polar surface area (TPSA) is 65.7 Å². The molecule has 0 aliphatic carbocycles. The first-order valence-corrected chi connectivity index (χ1v) is 9.50. The van der Waals surface area contributed by atoms with Crippen LogP contribution in [0.25, 0.3) is 0 Å². The number of rotatable bonds is 14. The lowest BCUT2D eigenvalue weighted by Crippen LogP contribution is -2.46. The number of unbranched alkanes of at least 4 members (excludes halogenated alkanes) is 1. The van der Waals surface area contributed by atoms with Gasteiger partial charge in [-0.2, -0.15) is 0 Å². The smallest absolute Gasteiger partial charge is 0.374 e. The average molecular weight is 292 g/mol. The van der Waals surface area contributed by atoms with Gasteiger partial charge >= 0.3 is 8.80 Å². The van der Waals surface area contributed by atoms with Gasteiger partial charge in [0.25, 0.3) is 0 Å². The number of nitrogens with two attached hydrogens (primary N) is 1. The molecule has 0 bridgehead atoms. The van der Waals surface area contributed by atoms with Gasteiger partial charge in [0.2, 0.25) is 0 Å². The molecule has 0 heterocycles. The molecule has 0 radical (unpaired) electrons. The summed E-state index contributed by atoms with van der Waals surface area (Å²) < 4.78 is 17.4. The Morgan fingerprint density at radius 3 is 1.84 bits per heavy atom. The normalized spacial score (nSPS) is 12.0. The van der Waals surface area contributed by atoms with Crippen LogP contribution in [0.1, 0.15) is 40.0 Å². The van der Waals surface area contributed by atoms with Crippen molar-refractivity contribution in [2.24, 2.45) is 5.73 Å². The Bertz CT molecular complexity index is 180. The second kappa shape index (κ2) is 13.0. The van der Waals surface area contributed by atoms with Gasteiger partial charge in [-0.25, -0.2) is 0 Å². The molecule has 3 N–H and O–H groups in total. The van der Waals surface area contributed by atoms with E-state index in [1.807, 2.05) is 20.8 Å². The Morgan fingerprint density at radius 1 is 0.842 bits per heavy atom. The van der Waals surface area contributed by atoms with Crippen LogP contribution in [0.4, 0.5) is 0 Å². The first-order valence-electron chi connectivity index (χ1n) is 7.57. The zero-order chi connectivity index (χ0) is 14.4. The van der Waals surface area contributed by atoms with Crippen molar-refractivity contribution >= 4 is 8.80 Å². The molecule has 0 aromatic carbocycles. The fraction of sp³-hybridized carbons (Fsp3) is 1.00. The summed E-state index contributed by atoms with van der Waals surface area (Å²) in [6, 6.07) is 0.881. The van der Waals surface area contributed by atoms with Crippen molar-refractivity contribution in [3.8, 4) is 0 Å². The summed E-state index contributed by atoms with van der Waals surface area (Å²) in [5, 5.41) is 3.42. The van der Waals surface area contributed by atoms with E-state index in [-0.39, 0.29) is 0 Å². The molecule has 0 aromatic heterocycles. The van der Waals surface area contributed by atoms with Crippen LogP contribution < -0.4 is 11.1 Å². The maximum absolute atomic E-state index is 5.81. The summed E-state index contributed by atoms with van der Waals surface area (Å²) in [6.07, 6.45) is 3.25. The van der Waals surface area contributed by atoms with E-state index in [1.54, 1.807) is 0 Å². The highest BCUT2D eigenvalue weighted by atomic mass is 28.4. The Balaban J connectivity index is 3.89. The Kier molecular flexibility index (Phi) is 13.0. The van der Waals surface area contributed by atoms with E-state index < -0.39 is 8.80 Å². The van der Waals surface area contributed by atoms with Gasteiger partial charge < -0.3 is 24.3 Å². The van der Waals surface area contributed by atoms with E-state index in [0.29, 0.717) is 19.8 Å². The third-order valence-electron chi connectivity index (χ3n) is 2.74. The highest BCUT2D eigenvalue weighted by Gasteiger charge is 2.39. The van der Waals surface area contributed by atoms with E-state index in [2.05, 4.69) is 5.32 Å². The van der Waals surface area contributed by atoms with Crippen LogP contribution in [0, 0.1) is 0 Å². The molecule has 6 heteroatoms. The minimum Gasteiger partial charge on any atom is -0.374 e. The van der Waals surface area contributed by atoms with Crippen molar-refractivity contribution in [1.29, 1.82) is 0 Å². The lowest BCUT2D eigenvalue weighted by Gasteiger charge is -2.28. The molecule has 0 rings (SSSR count). The summed E-state index contributed by atoms with van der Waals surface area (Å²) in [7, 11) is -2.43. The fourth-order valence-electron chi connectivity index (χ4n) is 1.95. The van der Waals surface area contributed by atoms with E-state index in [4.69, 9.17) is 19.0 Å². The van der Waals surface area contributed by atoms with Crippen molar-refractivity contribution in [3.63, 3.8) is 0 Å². The lowest BCUT2D eigenvalue weighted by atomic mass is 10.3. The van der Waals surface area contributed by atoms with E-state index in [0.717, 1.165) is 44.9 Å². The fourth-order valence-corrected chi connectivity index (χ4v) is 4.56. The minimum absolute atomic E-state index is 0.649. The summed E-state index contributed by atoms with van der Waals surface area (Å²) in [5.41, 5.74) is 5.45. The second-order valence-electron chi connectivity index (χ2n) is 4.33. The highest BCUT2D eigenvalue weighted by molar-refractivity contribution is 6.60. The van der Waals surface area contributed by atoms with Crippen LogP contribution in [0.15, 0.2) is 0 Å². The first-order chi connectivity index (χ1) is 9.24. The summed E-state index contributed by atoms with van der Waals surface area (Å²) in [6.45, 7) is 10.7. The van der Waals surface area contributed by atoms with Crippen LogP contribution in [-0.4, -0.2) is 48.3 Å². The summed E-state index contributed by atoms with van der Waals surface area (Å²) >= 11 is 0. The monoisotopic (exact) mass is 292 g/mol. The van der Waals surface area contributed by atoms with Gasteiger partial charge in [-0.05, 0) is 59.7 Å². The molecule has 0 aliphatic rings. The maximum atomic E-state index is 5.81. The molecule has 0 amide bonds. The molecular weight excluding hydrogens is 260 g/mol. The van der Waals surface area contributed by atoms with Crippen molar-refractivity contribution in [1.82, 2.24) is 5.32 Å². The molecule has 0 unspecified atom stereocenters. The third kappa shape index (κ3) is 9.54. The number of nitrogens with one attached hydrogen (secondary N) is 1. The number of hydrogen-bond donors (Lipinski definition) is 2. The van der Waals surface area contributed by atoms with Gasteiger partial charge in [-0.1, -0.05) is 0 Å². The zero-order valence-corrected chi connectivity index (χ0v) is 13.9. The zero-order valence-electron chi connectivity index (χ0n) is 12.9. The van der Waals surface area contributed by atoms with Crippen LogP contribution in [-0.2, 0) is 13.3 Å². The minimum atomic E-state index is -2.43. The Labute approximate surface area is 119 Å². The second-order valence-corrected chi connectivity index (χ2v) is 7.06. The SMILES string of the molecule is CCO[Si](CCCNCCCCN)(OCC)OCC. The van der Waals surface area contributed by atoms with Crippen molar-refractivity contribution in [2.45, 2.75) is 46.1 Å². The molecule has 116 valence electrons. The third-order valence-corrected chi connectivity index (χ3v) is 5.89. The Hall–Kier alpha value is 0.0169. The molecule has 0 aromatic rings. The van der Waals surface area contributed by atoms with Gasteiger partial charge in [-0.3, -0.25) is 0 Å². The first kappa shape index (κ1) is 19.0. The molecule has 0 fully saturated rings. The average Bonchev–Trinajstić information content (AvgIpc) is 2.39. The molecule has 0 spiro atoms. The largest absolute Gasteiger partial charge is 0.500 e. The molecule has 0 atom stereocenters. The van der Waals surface area contributed by atoms with Crippen molar-refractivity contribution in [3.05, 3.63) is 0 Å². The van der Waals surface area contributed by atoms with Gasteiger partial charge in [0.1, 0.15) is 0 Å². The summed E-state index contributed by atoms with van der Waals surface area (Å²) in [4.78, 5) is 0. The van der Waals surface area contributed by atoms with Gasteiger partial charge in [0, 0.05) is 25.9 Å². The molecule has 0 aliphatic heterocycles. The maximum Gasteiger partial charge on any atom is 0.500 e. The van der Waals surface area contributed by atoms with Crippen LogP contribution in [0.5, 0.6) is 0 Å². The van der Waals surface area contributed by atoms with Gasteiger partial charge in [-0.15, -0.1) is 0 Å². The van der Waals surface area contributed by atoms with E-state index >= 15 is 0 Å². The lowest BCUT2D eigenvalue weighted by molar-refractivity contribution is 0.0708. The molecule has 0 saturated carbocycles.